The maximum atomic E-state index is 12.3. The van der Waals surface area contributed by atoms with E-state index in [1.165, 1.54) is 35.4 Å². The number of nitrogens with zero attached hydrogens (tertiary/aromatic N) is 1. The van der Waals surface area contributed by atoms with Crippen LogP contribution in [-0.2, 0) is 19.4 Å². The molecule has 0 fully saturated rings. The van der Waals surface area contributed by atoms with Gasteiger partial charge in [0.1, 0.15) is 0 Å². The Kier molecular flexibility index (Phi) is 3.47. The number of fused-ring (bicyclic) bond motifs is 1. The molecule has 1 aliphatic carbocycles. The maximum absolute atomic E-state index is 12.3. The normalized spacial score (nSPS) is 14.2. The fraction of sp³-hybridized carbons (Fsp3) is 0.375. The Morgan fingerprint density at radius 1 is 1.21 bits per heavy atom. The minimum Gasteiger partial charge on any atom is -0.287 e. The van der Waals surface area contributed by atoms with Gasteiger partial charge in [0.25, 0.3) is 0 Å². The van der Waals surface area contributed by atoms with Gasteiger partial charge in [0.15, 0.2) is 5.69 Å². The van der Waals surface area contributed by atoms with Crippen LogP contribution in [0.15, 0.2) is 29.8 Å². The minimum atomic E-state index is 0.205. The Bertz CT molecular complexity index is 598. The number of ketones is 1. The van der Waals surface area contributed by atoms with Crippen LogP contribution in [-0.4, -0.2) is 5.78 Å². The van der Waals surface area contributed by atoms with Crippen LogP contribution in [0.2, 0.25) is 0 Å². The van der Waals surface area contributed by atoms with Crippen LogP contribution in [0, 0.1) is 6.92 Å². The lowest BCUT2D eigenvalue weighted by atomic mass is 10.0. The highest BCUT2D eigenvalue weighted by Gasteiger charge is 2.24. The second kappa shape index (κ2) is 5.25. The fourth-order valence-electron chi connectivity index (χ4n) is 2.60. The summed E-state index contributed by atoms with van der Waals surface area (Å²) in [5.41, 5.74) is 5.50. The van der Waals surface area contributed by atoms with Gasteiger partial charge in [-0.05, 0) is 26.2 Å². The summed E-state index contributed by atoms with van der Waals surface area (Å²) in [5.74, 6) is 0.205. The van der Waals surface area contributed by atoms with Gasteiger partial charge < -0.3 is 0 Å². The van der Waals surface area contributed by atoms with Crippen molar-refractivity contribution in [1.82, 2.24) is 0 Å². The summed E-state index contributed by atoms with van der Waals surface area (Å²) in [4.78, 5) is 13.8. The molecule has 0 atom stereocenters. The topological polar surface area (TPSA) is 20.9 Å². The molecule has 0 aliphatic heterocycles. The summed E-state index contributed by atoms with van der Waals surface area (Å²) in [6, 6.07) is 7.86. The van der Waals surface area contributed by atoms with Gasteiger partial charge in [-0.25, -0.2) is 0 Å². The van der Waals surface area contributed by atoms with E-state index in [1.54, 1.807) is 11.3 Å². The van der Waals surface area contributed by atoms with Gasteiger partial charge in [0.05, 0.1) is 4.88 Å². The molecule has 2 aromatic rings. The van der Waals surface area contributed by atoms with Crippen molar-refractivity contribution < 1.29 is 9.36 Å². The highest BCUT2D eigenvalue weighted by Crippen LogP contribution is 2.22. The average Bonchev–Trinajstić information content (AvgIpc) is 2.83. The zero-order valence-corrected chi connectivity index (χ0v) is 12.0. The molecule has 1 aromatic carbocycles. The van der Waals surface area contributed by atoms with Crippen molar-refractivity contribution in [2.24, 2.45) is 0 Å². The zero-order chi connectivity index (χ0) is 13.2. The van der Waals surface area contributed by atoms with E-state index < -0.39 is 0 Å². The average molecular weight is 272 g/mol. The first kappa shape index (κ1) is 12.5. The third-order valence-electron chi connectivity index (χ3n) is 3.75. The Labute approximate surface area is 117 Å². The Balaban J connectivity index is 1.79. The Hall–Kier alpha value is -1.48. The second-order valence-electron chi connectivity index (χ2n) is 5.22. The van der Waals surface area contributed by atoms with Crippen LogP contribution in [0.1, 0.15) is 39.3 Å². The summed E-state index contributed by atoms with van der Waals surface area (Å²) in [5, 5.41) is 0. The highest BCUT2D eigenvalue weighted by atomic mass is 32.1. The van der Waals surface area contributed by atoms with Crippen LogP contribution in [0.25, 0.3) is 0 Å². The predicted octanol–water partition coefficient (Wildman–Crippen LogP) is 3.11. The SMILES string of the molecule is Cc1ccc(C(=O)C[n+]2csc3c2CCCC3)cc1. The monoisotopic (exact) mass is 272 g/mol. The third kappa shape index (κ3) is 2.61. The molecular formula is C16H18NOS+. The highest BCUT2D eigenvalue weighted by molar-refractivity contribution is 7.09. The van der Waals surface area contributed by atoms with E-state index in [-0.39, 0.29) is 5.78 Å². The molecule has 0 saturated heterocycles. The summed E-state index contributed by atoms with van der Waals surface area (Å²) >= 11 is 1.80. The van der Waals surface area contributed by atoms with E-state index in [4.69, 9.17) is 0 Å². The maximum Gasteiger partial charge on any atom is 0.227 e. The number of hydrogen-bond donors (Lipinski definition) is 0. The molecule has 0 bridgehead atoms. The summed E-state index contributed by atoms with van der Waals surface area (Å²) < 4.78 is 2.15. The zero-order valence-electron chi connectivity index (χ0n) is 11.2. The molecule has 1 heterocycles. The summed E-state index contributed by atoms with van der Waals surface area (Å²) in [6.07, 6.45) is 4.85. The van der Waals surface area contributed by atoms with E-state index in [1.807, 2.05) is 31.2 Å². The second-order valence-corrected chi connectivity index (χ2v) is 6.16. The van der Waals surface area contributed by atoms with Crippen LogP contribution in [0.4, 0.5) is 0 Å². The van der Waals surface area contributed by atoms with Gasteiger partial charge >= 0.3 is 0 Å². The van der Waals surface area contributed by atoms with E-state index in [0.717, 1.165) is 12.0 Å². The van der Waals surface area contributed by atoms with Gasteiger partial charge in [0, 0.05) is 12.0 Å². The molecule has 0 radical (unpaired) electrons. The predicted molar refractivity (Wildman–Crippen MR) is 76.7 cm³/mol. The lowest BCUT2D eigenvalue weighted by molar-refractivity contribution is -0.686. The molecule has 19 heavy (non-hydrogen) atoms. The number of Topliss-reactive ketones (excluding diaryl/α,β-unsaturated/α-hetero) is 1. The smallest absolute Gasteiger partial charge is 0.227 e. The van der Waals surface area contributed by atoms with E-state index in [9.17, 15) is 4.79 Å². The number of aryl methyl sites for hydroxylation is 2. The first-order valence-electron chi connectivity index (χ1n) is 6.82. The summed E-state index contributed by atoms with van der Waals surface area (Å²) in [7, 11) is 0. The first-order valence-corrected chi connectivity index (χ1v) is 7.70. The van der Waals surface area contributed by atoms with E-state index >= 15 is 0 Å². The van der Waals surface area contributed by atoms with Crippen LogP contribution in [0.3, 0.4) is 0 Å². The standard InChI is InChI=1S/C16H18NOS/c1-12-6-8-13(9-7-12)15(18)10-17-11-19-16-5-3-2-4-14(16)17/h6-9,11H,2-5,10H2,1H3/q+1. The third-order valence-corrected chi connectivity index (χ3v) is 4.83. The number of thiazole rings is 1. The van der Waals surface area contributed by atoms with Gasteiger partial charge in [-0.15, -0.1) is 0 Å². The molecule has 1 aliphatic rings. The van der Waals surface area contributed by atoms with E-state index in [2.05, 4.69) is 10.1 Å². The van der Waals surface area contributed by atoms with Gasteiger partial charge in [-0.2, -0.15) is 4.57 Å². The number of hydrogen-bond acceptors (Lipinski definition) is 2. The fourth-order valence-corrected chi connectivity index (χ4v) is 3.68. The van der Waals surface area contributed by atoms with Crippen LogP contribution >= 0.6 is 11.3 Å². The molecule has 0 unspecified atom stereocenters. The van der Waals surface area contributed by atoms with Crippen LogP contribution in [0.5, 0.6) is 0 Å². The van der Waals surface area contributed by atoms with Gasteiger partial charge in [0.2, 0.25) is 17.8 Å². The van der Waals surface area contributed by atoms with Crippen molar-refractivity contribution in [3.05, 3.63) is 51.5 Å². The Morgan fingerprint density at radius 3 is 2.74 bits per heavy atom. The molecule has 98 valence electrons. The largest absolute Gasteiger partial charge is 0.287 e. The minimum absolute atomic E-state index is 0.205. The number of rotatable bonds is 3. The molecule has 2 nitrogen and oxygen atoms in total. The van der Waals surface area contributed by atoms with E-state index in [0.29, 0.717) is 6.54 Å². The number of aromatic nitrogens is 1. The van der Waals surface area contributed by atoms with Crippen molar-refractivity contribution in [3.8, 4) is 0 Å². The summed E-state index contributed by atoms with van der Waals surface area (Å²) in [6.45, 7) is 2.52. The van der Waals surface area contributed by atoms with Crippen molar-refractivity contribution in [2.75, 3.05) is 0 Å². The van der Waals surface area contributed by atoms with Crippen molar-refractivity contribution in [2.45, 2.75) is 39.2 Å². The molecule has 0 amide bonds. The van der Waals surface area contributed by atoms with Gasteiger partial charge in [-0.3, -0.25) is 4.79 Å². The molecule has 1 aromatic heterocycles. The van der Waals surface area contributed by atoms with Crippen molar-refractivity contribution in [3.63, 3.8) is 0 Å². The lowest BCUT2D eigenvalue weighted by Crippen LogP contribution is -2.40. The van der Waals surface area contributed by atoms with Crippen LogP contribution < -0.4 is 4.57 Å². The Morgan fingerprint density at radius 2 is 1.95 bits per heavy atom. The molecule has 0 N–H and O–H groups in total. The number of carbonyl (C=O) groups excluding carboxylic acids is 1. The molecule has 3 rings (SSSR count). The quantitative estimate of drug-likeness (QED) is 0.621. The number of carbonyl (C=O) groups is 1. The van der Waals surface area contributed by atoms with Crippen molar-refractivity contribution >= 4 is 17.1 Å². The molecular weight excluding hydrogens is 254 g/mol. The molecule has 3 heteroatoms. The van der Waals surface area contributed by atoms with Gasteiger partial charge in [-0.1, -0.05) is 41.2 Å². The number of benzene rings is 1. The molecule has 0 saturated carbocycles. The van der Waals surface area contributed by atoms with Crippen molar-refractivity contribution in [1.29, 1.82) is 0 Å². The molecule has 0 spiro atoms. The lowest BCUT2D eigenvalue weighted by Gasteiger charge is -2.07. The first-order chi connectivity index (χ1) is 9.24.